The number of aliphatic carboxylic acids is 2. The van der Waals surface area contributed by atoms with Crippen LogP contribution in [0.3, 0.4) is 0 Å². The van der Waals surface area contributed by atoms with Gasteiger partial charge in [-0.3, -0.25) is 0 Å². The van der Waals surface area contributed by atoms with E-state index in [1.165, 1.54) is 9.79 Å². The molecule has 9 heteroatoms. The molecular weight excluding hydrogens is 474 g/mol. The summed E-state index contributed by atoms with van der Waals surface area (Å²) in [5.74, 6) is 2.23. The summed E-state index contributed by atoms with van der Waals surface area (Å²) >= 11 is 3.77. The number of carboxylic acids is 2. The van der Waals surface area contributed by atoms with E-state index in [0.29, 0.717) is 24.1 Å². The van der Waals surface area contributed by atoms with Crippen molar-refractivity contribution in [2.45, 2.75) is 29.2 Å². The van der Waals surface area contributed by atoms with Gasteiger partial charge >= 0.3 is 11.9 Å². The van der Waals surface area contributed by atoms with Crippen LogP contribution in [0.5, 0.6) is 11.5 Å². The Kier molecular flexibility index (Phi) is 12.4. The lowest BCUT2D eigenvalue weighted by molar-refractivity contribution is -0.134. The highest BCUT2D eigenvalue weighted by atomic mass is 32.2. The van der Waals surface area contributed by atoms with Crippen LogP contribution in [0.4, 0.5) is 0 Å². The van der Waals surface area contributed by atoms with Crippen LogP contribution in [0.25, 0.3) is 0 Å². The van der Waals surface area contributed by atoms with E-state index in [2.05, 4.69) is 42.6 Å². The van der Waals surface area contributed by atoms with Crippen molar-refractivity contribution in [1.29, 1.82) is 0 Å². The minimum absolute atomic E-state index is 0.387. The van der Waals surface area contributed by atoms with Crippen molar-refractivity contribution in [2.75, 3.05) is 31.8 Å². The molecule has 34 heavy (non-hydrogen) atoms. The molecule has 0 saturated carbocycles. The van der Waals surface area contributed by atoms with Gasteiger partial charge < -0.3 is 25.0 Å². The summed E-state index contributed by atoms with van der Waals surface area (Å²) < 4.78 is 11.4. The Labute approximate surface area is 208 Å². The van der Waals surface area contributed by atoms with Gasteiger partial charge in [-0.2, -0.15) is 0 Å². The third-order valence-electron chi connectivity index (χ3n) is 4.91. The molecule has 1 aliphatic rings. The highest BCUT2D eigenvalue weighted by Gasteiger charge is 2.18. The number of ether oxygens (including phenoxy) is 2. The number of nitrogens with one attached hydrogen (secondary N) is 1. The number of fused-ring (bicyclic) bond motifs is 1. The lowest BCUT2D eigenvalue weighted by Crippen LogP contribution is -2.39. The zero-order valence-corrected chi connectivity index (χ0v) is 20.9. The summed E-state index contributed by atoms with van der Waals surface area (Å²) in [6.45, 7) is 4.02. The van der Waals surface area contributed by atoms with Gasteiger partial charge in [0.05, 0.1) is 13.2 Å². The molecule has 2 aromatic carbocycles. The third-order valence-corrected chi connectivity index (χ3v) is 7.42. The molecule has 0 aliphatic carbocycles. The van der Waals surface area contributed by atoms with Crippen molar-refractivity contribution in [2.24, 2.45) is 5.92 Å². The fourth-order valence-corrected chi connectivity index (χ4v) is 5.25. The van der Waals surface area contributed by atoms with Crippen molar-refractivity contribution in [3.63, 3.8) is 0 Å². The summed E-state index contributed by atoms with van der Waals surface area (Å²) in [5, 5.41) is 19.3. The Hall–Kier alpha value is -2.62. The number of benzene rings is 2. The molecule has 0 fully saturated rings. The number of hydrogen-bond donors (Lipinski definition) is 3. The topological polar surface area (TPSA) is 105 Å². The molecule has 0 saturated heterocycles. The minimum atomic E-state index is -1.26. The second kappa shape index (κ2) is 15.3. The van der Waals surface area contributed by atoms with Crippen molar-refractivity contribution >= 4 is 35.5 Å². The average molecular weight is 506 g/mol. The van der Waals surface area contributed by atoms with Gasteiger partial charge in [-0.15, -0.1) is 23.5 Å². The van der Waals surface area contributed by atoms with Crippen molar-refractivity contribution in [1.82, 2.24) is 5.32 Å². The molecule has 3 N–H and O–H groups in total. The molecule has 7 nitrogen and oxygen atoms in total. The molecule has 0 radical (unpaired) electrons. The number of carboxylic acid groups (broad SMARTS) is 2. The molecule has 1 aliphatic heterocycles. The summed E-state index contributed by atoms with van der Waals surface area (Å²) in [5.41, 5.74) is 0. The standard InChI is InChI=1S/C21H27NO2S2.C4H4O4/c1-3-16(14-25-20-10-6-4-8-18(20)23-2)12-22-17-13-24-19-9-5-7-11-21(19)26-15-17;5-3(6)1-2-4(7)8/h4-11,16-17,22H,3,12-15H2,1-2H3;1-2H,(H,5,6)(H,7,8)/b;2-1+/t16-,17+;/m0./s1. The second-order valence-electron chi connectivity index (χ2n) is 7.42. The van der Waals surface area contributed by atoms with Crippen LogP contribution in [0.2, 0.25) is 0 Å². The number of thioether (sulfide) groups is 2. The van der Waals surface area contributed by atoms with Crippen LogP contribution in [0, 0.1) is 5.92 Å². The summed E-state index contributed by atoms with van der Waals surface area (Å²) in [6, 6.07) is 16.9. The zero-order chi connectivity index (χ0) is 24.8. The average Bonchev–Trinajstić information content (AvgIpc) is 3.06. The third kappa shape index (κ3) is 10.1. The molecule has 184 valence electrons. The Bertz CT molecular complexity index is 910. The normalized spacial score (nSPS) is 15.8. The van der Waals surface area contributed by atoms with Crippen LogP contribution in [-0.2, 0) is 9.59 Å². The highest BCUT2D eigenvalue weighted by molar-refractivity contribution is 7.99. The summed E-state index contributed by atoms with van der Waals surface area (Å²) in [7, 11) is 1.74. The maximum Gasteiger partial charge on any atom is 0.328 e. The first-order valence-corrected chi connectivity index (χ1v) is 12.9. The van der Waals surface area contributed by atoms with E-state index in [9.17, 15) is 9.59 Å². The minimum Gasteiger partial charge on any atom is -0.496 e. The number of carbonyl (C=O) groups is 2. The molecule has 0 bridgehead atoms. The predicted octanol–water partition coefficient (Wildman–Crippen LogP) is 4.67. The van der Waals surface area contributed by atoms with Crippen LogP contribution >= 0.6 is 23.5 Å². The predicted molar refractivity (Wildman–Crippen MR) is 136 cm³/mol. The number of hydrogen-bond acceptors (Lipinski definition) is 7. The van der Waals surface area contributed by atoms with Gasteiger partial charge in [0, 0.05) is 33.4 Å². The quantitative estimate of drug-likeness (QED) is 0.314. The van der Waals surface area contributed by atoms with E-state index in [1.54, 1.807) is 7.11 Å². The monoisotopic (exact) mass is 505 g/mol. The van der Waals surface area contributed by atoms with E-state index >= 15 is 0 Å². The zero-order valence-electron chi connectivity index (χ0n) is 19.3. The van der Waals surface area contributed by atoms with Gasteiger partial charge in [-0.05, 0) is 36.7 Å². The van der Waals surface area contributed by atoms with Gasteiger partial charge in [-0.1, -0.05) is 37.6 Å². The van der Waals surface area contributed by atoms with Crippen molar-refractivity contribution in [3.05, 3.63) is 60.7 Å². The highest BCUT2D eigenvalue weighted by Crippen LogP contribution is 2.33. The van der Waals surface area contributed by atoms with Gasteiger partial charge in [0.2, 0.25) is 0 Å². The maximum absolute atomic E-state index is 9.55. The van der Waals surface area contributed by atoms with Crippen molar-refractivity contribution < 1.29 is 29.3 Å². The Morgan fingerprint density at radius 3 is 2.53 bits per heavy atom. The van der Waals surface area contributed by atoms with Gasteiger partial charge in [-0.25, -0.2) is 9.59 Å². The van der Waals surface area contributed by atoms with Gasteiger partial charge in [0.15, 0.2) is 0 Å². The molecular formula is C25H31NO6S2. The summed E-state index contributed by atoms with van der Waals surface area (Å²) in [4.78, 5) is 21.6. The van der Waals surface area contributed by atoms with Crippen LogP contribution < -0.4 is 14.8 Å². The molecule has 2 aromatic rings. The first-order valence-electron chi connectivity index (χ1n) is 10.9. The fourth-order valence-electron chi connectivity index (χ4n) is 2.98. The maximum atomic E-state index is 9.55. The largest absolute Gasteiger partial charge is 0.496 e. The van der Waals surface area contributed by atoms with Gasteiger partial charge in [0.25, 0.3) is 0 Å². The number of para-hydroxylation sites is 2. The molecule has 0 spiro atoms. The van der Waals surface area contributed by atoms with Crippen LogP contribution in [0.1, 0.15) is 13.3 Å². The second-order valence-corrected chi connectivity index (χ2v) is 9.54. The molecule has 1 heterocycles. The first kappa shape index (κ1) is 27.6. The van der Waals surface area contributed by atoms with Crippen molar-refractivity contribution in [3.8, 4) is 11.5 Å². The SMILES string of the molecule is CC[C@@H](CN[C@@H]1COc2ccccc2SC1)CSc1ccccc1OC.O=C(O)/C=C/C(=O)O. The Balaban J connectivity index is 0.000000440. The summed E-state index contributed by atoms with van der Waals surface area (Å²) in [6.07, 6.45) is 2.28. The van der Waals surface area contributed by atoms with Crippen LogP contribution in [0.15, 0.2) is 70.5 Å². The van der Waals surface area contributed by atoms with E-state index in [0.717, 1.165) is 42.6 Å². The molecule has 0 unspecified atom stereocenters. The molecule has 0 amide bonds. The fraction of sp³-hybridized carbons (Fsp3) is 0.360. The van der Waals surface area contributed by atoms with E-state index in [4.69, 9.17) is 19.7 Å². The smallest absolute Gasteiger partial charge is 0.328 e. The number of rotatable bonds is 10. The molecule has 3 rings (SSSR count). The first-order chi connectivity index (χ1) is 16.4. The van der Waals surface area contributed by atoms with E-state index in [-0.39, 0.29) is 0 Å². The Morgan fingerprint density at radius 1 is 1.18 bits per heavy atom. The lowest BCUT2D eigenvalue weighted by Gasteiger charge is -2.21. The van der Waals surface area contributed by atoms with E-state index < -0.39 is 11.9 Å². The molecule has 0 aromatic heterocycles. The number of methoxy groups -OCH3 is 1. The van der Waals surface area contributed by atoms with Gasteiger partial charge in [0.1, 0.15) is 18.1 Å². The van der Waals surface area contributed by atoms with Crippen LogP contribution in [-0.4, -0.2) is 60.0 Å². The molecule has 2 atom stereocenters. The van der Waals surface area contributed by atoms with E-state index in [1.807, 2.05) is 41.7 Å². The lowest BCUT2D eigenvalue weighted by atomic mass is 10.1. The Morgan fingerprint density at radius 2 is 1.85 bits per heavy atom.